The molecule has 1 aromatic carbocycles. The van der Waals surface area contributed by atoms with Crippen LogP contribution >= 0.6 is 11.6 Å². The van der Waals surface area contributed by atoms with Crippen LogP contribution in [0, 0.1) is 5.92 Å². The molecule has 0 aromatic heterocycles. The van der Waals surface area contributed by atoms with Crippen LogP contribution in [0.4, 0.5) is 0 Å². The Morgan fingerprint density at radius 3 is 2.94 bits per heavy atom. The van der Waals surface area contributed by atoms with Gasteiger partial charge in [0, 0.05) is 37.2 Å². The van der Waals surface area contributed by atoms with E-state index in [0.29, 0.717) is 6.04 Å². The van der Waals surface area contributed by atoms with Crippen molar-refractivity contribution in [2.24, 2.45) is 5.92 Å². The predicted molar refractivity (Wildman–Crippen MR) is 78.0 cm³/mol. The first kappa shape index (κ1) is 13.9. The summed E-state index contributed by atoms with van der Waals surface area (Å²) in [6.45, 7) is 8.87. The summed E-state index contributed by atoms with van der Waals surface area (Å²) >= 11 is 6.26. The highest BCUT2D eigenvalue weighted by atomic mass is 35.5. The Morgan fingerprint density at radius 2 is 2.22 bits per heavy atom. The highest BCUT2D eigenvalue weighted by Gasteiger charge is 2.26. The van der Waals surface area contributed by atoms with Crippen LogP contribution in [0.1, 0.15) is 25.8 Å². The second kappa shape index (κ2) is 6.55. The Morgan fingerprint density at radius 1 is 1.44 bits per heavy atom. The fraction of sp³-hybridized carbons (Fsp3) is 0.600. The number of benzene rings is 1. The molecule has 0 spiro atoms. The first-order valence-electron chi connectivity index (χ1n) is 6.90. The SMILES string of the molecule is CCC(C)C1CNCCN1Cc1ccccc1Cl. The maximum atomic E-state index is 6.26. The zero-order valence-corrected chi connectivity index (χ0v) is 12.1. The van der Waals surface area contributed by atoms with Gasteiger partial charge in [0.1, 0.15) is 0 Å². The lowest BCUT2D eigenvalue weighted by molar-refractivity contribution is 0.109. The second-order valence-corrected chi connectivity index (χ2v) is 5.63. The van der Waals surface area contributed by atoms with E-state index in [1.807, 2.05) is 12.1 Å². The van der Waals surface area contributed by atoms with E-state index >= 15 is 0 Å². The third kappa shape index (κ3) is 3.25. The van der Waals surface area contributed by atoms with Crippen LogP contribution in [0.3, 0.4) is 0 Å². The maximum absolute atomic E-state index is 6.26. The molecule has 100 valence electrons. The Balaban J connectivity index is 2.08. The Kier molecular flexibility index (Phi) is 5.04. The number of hydrogen-bond donors (Lipinski definition) is 1. The molecule has 1 fully saturated rings. The minimum absolute atomic E-state index is 0.625. The summed E-state index contributed by atoms with van der Waals surface area (Å²) < 4.78 is 0. The predicted octanol–water partition coefficient (Wildman–Crippen LogP) is 3.16. The van der Waals surface area contributed by atoms with Gasteiger partial charge in [0.25, 0.3) is 0 Å². The van der Waals surface area contributed by atoms with Crippen molar-refractivity contribution < 1.29 is 0 Å². The monoisotopic (exact) mass is 266 g/mol. The van der Waals surface area contributed by atoms with Crippen molar-refractivity contribution in [3.05, 3.63) is 34.9 Å². The molecule has 1 N–H and O–H groups in total. The molecular formula is C15H23ClN2. The van der Waals surface area contributed by atoms with Crippen molar-refractivity contribution >= 4 is 11.6 Å². The van der Waals surface area contributed by atoms with Crippen LogP contribution in [0.25, 0.3) is 0 Å². The third-order valence-electron chi connectivity index (χ3n) is 4.03. The summed E-state index contributed by atoms with van der Waals surface area (Å²) in [4.78, 5) is 2.58. The van der Waals surface area contributed by atoms with Crippen LogP contribution < -0.4 is 5.32 Å². The first-order valence-corrected chi connectivity index (χ1v) is 7.28. The van der Waals surface area contributed by atoms with E-state index in [-0.39, 0.29) is 0 Å². The molecule has 3 heteroatoms. The molecular weight excluding hydrogens is 244 g/mol. The molecule has 2 atom stereocenters. The van der Waals surface area contributed by atoms with Crippen molar-refractivity contribution in [1.82, 2.24) is 10.2 Å². The van der Waals surface area contributed by atoms with Crippen LogP contribution in [0.15, 0.2) is 24.3 Å². The van der Waals surface area contributed by atoms with Crippen molar-refractivity contribution in [3.8, 4) is 0 Å². The lowest BCUT2D eigenvalue weighted by atomic mass is 9.95. The average Bonchev–Trinajstić information content (AvgIpc) is 2.41. The van der Waals surface area contributed by atoms with Crippen LogP contribution in [0.2, 0.25) is 5.02 Å². The summed E-state index contributed by atoms with van der Waals surface area (Å²) in [5.41, 5.74) is 1.24. The van der Waals surface area contributed by atoms with Gasteiger partial charge in [0.15, 0.2) is 0 Å². The normalized spacial score (nSPS) is 22.9. The van der Waals surface area contributed by atoms with Crippen molar-refractivity contribution in [2.45, 2.75) is 32.9 Å². The number of halogens is 1. The fourth-order valence-corrected chi connectivity index (χ4v) is 2.84. The molecule has 2 rings (SSSR count). The minimum Gasteiger partial charge on any atom is -0.314 e. The lowest BCUT2D eigenvalue weighted by Crippen LogP contribution is -2.53. The topological polar surface area (TPSA) is 15.3 Å². The highest BCUT2D eigenvalue weighted by Crippen LogP contribution is 2.22. The van der Waals surface area contributed by atoms with Gasteiger partial charge in [-0.15, -0.1) is 0 Å². The zero-order chi connectivity index (χ0) is 13.0. The molecule has 0 saturated carbocycles. The smallest absolute Gasteiger partial charge is 0.0451 e. The molecule has 1 saturated heterocycles. The third-order valence-corrected chi connectivity index (χ3v) is 4.40. The summed E-state index contributed by atoms with van der Waals surface area (Å²) in [6, 6.07) is 8.81. The molecule has 1 aliphatic heterocycles. The van der Waals surface area contributed by atoms with Gasteiger partial charge in [0.2, 0.25) is 0 Å². The number of piperazine rings is 1. The second-order valence-electron chi connectivity index (χ2n) is 5.22. The summed E-state index contributed by atoms with van der Waals surface area (Å²) in [5.74, 6) is 0.722. The first-order chi connectivity index (χ1) is 8.72. The number of nitrogens with zero attached hydrogens (tertiary/aromatic N) is 1. The molecule has 1 aromatic rings. The summed E-state index contributed by atoms with van der Waals surface area (Å²) in [5, 5.41) is 4.39. The lowest BCUT2D eigenvalue weighted by Gasteiger charge is -2.39. The van der Waals surface area contributed by atoms with Crippen LogP contribution in [0.5, 0.6) is 0 Å². The van der Waals surface area contributed by atoms with Gasteiger partial charge in [-0.1, -0.05) is 50.1 Å². The number of rotatable bonds is 4. The van der Waals surface area contributed by atoms with Crippen LogP contribution in [-0.2, 0) is 6.54 Å². The van der Waals surface area contributed by atoms with E-state index < -0.39 is 0 Å². The minimum atomic E-state index is 0.625. The standard InChI is InChI=1S/C15H23ClN2/c1-3-12(2)15-10-17-8-9-18(15)11-13-6-4-5-7-14(13)16/h4-7,12,15,17H,3,8-11H2,1-2H3. The van der Waals surface area contributed by atoms with Gasteiger partial charge < -0.3 is 5.32 Å². The molecule has 0 amide bonds. The number of nitrogens with one attached hydrogen (secondary N) is 1. The van der Waals surface area contributed by atoms with Gasteiger partial charge in [-0.3, -0.25) is 4.90 Å². The maximum Gasteiger partial charge on any atom is 0.0451 e. The van der Waals surface area contributed by atoms with E-state index in [1.54, 1.807) is 0 Å². The van der Waals surface area contributed by atoms with Gasteiger partial charge in [0.05, 0.1) is 0 Å². The van der Waals surface area contributed by atoms with Crippen molar-refractivity contribution in [3.63, 3.8) is 0 Å². The van der Waals surface area contributed by atoms with Crippen LogP contribution in [-0.4, -0.2) is 30.6 Å². The molecule has 1 heterocycles. The quantitative estimate of drug-likeness (QED) is 0.901. The fourth-order valence-electron chi connectivity index (χ4n) is 2.64. The molecule has 1 aliphatic rings. The van der Waals surface area contributed by atoms with E-state index in [2.05, 4.69) is 36.2 Å². The Hall–Kier alpha value is -0.570. The van der Waals surface area contributed by atoms with Gasteiger partial charge >= 0.3 is 0 Å². The molecule has 2 unspecified atom stereocenters. The molecule has 0 aliphatic carbocycles. The molecule has 0 radical (unpaired) electrons. The van der Waals surface area contributed by atoms with Gasteiger partial charge in [-0.25, -0.2) is 0 Å². The molecule has 0 bridgehead atoms. The van der Waals surface area contributed by atoms with Crippen molar-refractivity contribution in [1.29, 1.82) is 0 Å². The van der Waals surface area contributed by atoms with Gasteiger partial charge in [-0.05, 0) is 17.5 Å². The highest BCUT2D eigenvalue weighted by molar-refractivity contribution is 6.31. The summed E-state index contributed by atoms with van der Waals surface area (Å²) in [7, 11) is 0. The van der Waals surface area contributed by atoms with E-state index in [4.69, 9.17) is 11.6 Å². The largest absolute Gasteiger partial charge is 0.314 e. The Labute approximate surface area is 115 Å². The van der Waals surface area contributed by atoms with E-state index in [9.17, 15) is 0 Å². The molecule has 18 heavy (non-hydrogen) atoms. The van der Waals surface area contributed by atoms with E-state index in [0.717, 1.165) is 37.1 Å². The van der Waals surface area contributed by atoms with Crippen molar-refractivity contribution in [2.75, 3.05) is 19.6 Å². The Bertz CT molecular complexity index is 381. The zero-order valence-electron chi connectivity index (χ0n) is 11.3. The van der Waals surface area contributed by atoms with Gasteiger partial charge in [-0.2, -0.15) is 0 Å². The average molecular weight is 267 g/mol. The van der Waals surface area contributed by atoms with E-state index in [1.165, 1.54) is 12.0 Å². The summed E-state index contributed by atoms with van der Waals surface area (Å²) in [6.07, 6.45) is 1.23. The molecule has 2 nitrogen and oxygen atoms in total. The number of hydrogen-bond acceptors (Lipinski definition) is 2.